The first-order valence-corrected chi connectivity index (χ1v) is 16.0. The highest BCUT2D eigenvalue weighted by atomic mass is 32.2. The standard InChI is InChI=1S/C26H35FN4O4S2/c1-3-30(20-10-11-37(33,34)16-20)25(32)15-36-26-29-28-24(14-35-23-7-5-4-6-22(23)27)31(26)17(2)21-13-18-8-9-19(21)12-18/h4-7,17-21H,3,8-16H2,1-2H3/t17-,18+,19+,20+,21-/m0/s1. The Labute approximate surface area is 222 Å². The van der Waals surface area contributed by atoms with Gasteiger partial charge in [-0.3, -0.25) is 9.36 Å². The van der Waals surface area contributed by atoms with Crippen LogP contribution in [0.5, 0.6) is 5.75 Å². The average Bonchev–Trinajstić information content (AvgIpc) is 3.66. The van der Waals surface area contributed by atoms with Gasteiger partial charge in [0.25, 0.3) is 0 Å². The number of thioether (sulfide) groups is 1. The van der Waals surface area contributed by atoms with E-state index in [1.54, 1.807) is 23.1 Å². The first-order chi connectivity index (χ1) is 17.8. The average molecular weight is 551 g/mol. The molecule has 0 spiro atoms. The number of sulfone groups is 1. The van der Waals surface area contributed by atoms with Crippen LogP contribution >= 0.6 is 11.8 Å². The maximum Gasteiger partial charge on any atom is 0.233 e. The topological polar surface area (TPSA) is 94.4 Å². The number of benzene rings is 1. The molecule has 1 aromatic heterocycles. The summed E-state index contributed by atoms with van der Waals surface area (Å²) in [6.45, 7) is 4.62. The molecule has 0 N–H and O–H groups in total. The van der Waals surface area contributed by atoms with E-state index in [0.29, 0.717) is 35.8 Å². The van der Waals surface area contributed by atoms with E-state index in [1.807, 2.05) is 6.92 Å². The Bertz CT molecular complexity index is 1240. The third-order valence-electron chi connectivity index (χ3n) is 8.38. The summed E-state index contributed by atoms with van der Waals surface area (Å²) in [5.41, 5.74) is 0. The maximum atomic E-state index is 14.1. The van der Waals surface area contributed by atoms with Gasteiger partial charge in [0, 0.05) is 18.6 Å². The van der Waals surface area contributed by atoms with Crippen LogP contribution in [0.25, 0.3) is 0 Å². The molecule has 2 saturated carbocycles. The molecule has 3 fully saturated rings. The monoisotopic (exact) mass is 550 g/mol. The number of rotatable bonds is 10. The Morgan fingerprint density at radius 2 is 2.05 bits per heavy atom. The smallest absolute Gasteiger partial charge is 0.233 e. The zero-order valence-electron chi connectivity index (χ0n) is 21.4. The lowest BCUT2D eigenvalue weighted by Gasteiger charge is -2.30. The molecule has 2 aliphatic carbocycles. The van der Waals surface area contributed by atoms with E-state index in [0.717, 1.165) is 5.92 Å². The zero-order chi connectivity index (χ0) is 26.2. The van der Waals surface area contributed by atoms with Gasteiger partial charge in [0.05, 0.1) is 17.3 Å². The molecule has 1 amide bonds. The summed E-state index contributed by atoms with van der Waals surface area (Å²) in [7, 11) is -3.08. The Morgan fingerprint density at radius 3 is 2.70 bits per heavy atom. The number of para-hydroxylation sites is 1. The van der Waals surface area contributed by atoms with Crippen LogP contribution in [-0.4, -0.2) is 63.8 Å². The van der Waals surface area contributed by atoms with Gasteiger partial charge in [0.15, 0.2) is 32.4 Å². The maximum absolute atomic E-state index is 14.1. The van der Waals surface area contributed by atoms with E-state index in [4.69, 9.17) is 4.74 Å². The van der Waals surface area contributed by atoms with Gasteiger partial charge in [-0.2, -0.15) is 0 Å². The summed E-state index contributed by atoms with van der Waals surface area (Å²) in [6.07, 6.45) is 5.50. The number of halogens is 1. The normalized spacial score (nSPS) is 26.9. The number of nitrogens with zero attached hydrogens (tertiary/aromatic N) is 4. The van der Waals surface area contributed by atoms with Gasteiger partial charge in [0.1, 0.15) is 6.61 Å². The molecular weight excluding hydrogens is 515 g/mol. The van der Waals surface area contributed by atoms with Crippen molar-refractivity contribution in [3.63, 3.8) is 0 Å². The summed E-state index contributed by atoms with van der Waals surface area (Å²) in [5, 5.41) is 9.46. The summed E-state index contributed by atoms with van der Waals surface area (Å²) < 4.78 is 45.9. The van der Waals surface area contributed by atoms with Crippen LogP contribution in [0, 0.1) is 23.6 Å². The molecular formula is C26H35FN4O4S2. The van der Waals surface area contributed by atoms with Gasteiger partial charge >= 0.3 is 0 Å². The van der Waals surface area contributed by atoms with E-state index in [1.165, 1.54) is 43.5 Å². The number of amides is 1. The van der Waals surface area contributed by atoms with E-state index in [2.05, 4.69) is 21.7 Å². The molecule has 11 heteroatoms. The second-order valence-corrected chi connectivity index (χ2v) is 13.8. The molecule has 0 unspecified atom stereocenters. The van der Waals surface area contributed by atoms with Crippen LogP contribution in [0.1, 0.15) is 57.8 Å². The second-order valence-electron chi connectivity index (χ2n) is 10.6. The molecule has 3 aliphatic rings. The number of hydrogen-bond donors (Lipinski definition) is 0. The van der Waals surface area contributed by atoms with Crippen molar-refractivity contribution in [1.29, 1.82) is 0 Å². The van der Waals surface area contributed by atoms with Crippen LogP contribution in [0.2, 0.25) is 0 Å². The lowest BCUT2D eigenvalue weighted by Crippen LogP contribution is -2.42. The van der Waals surface area contributed by atoms with Gasteiger partial charge in [-0.1, -0.05) is 30.3 Å². The van der Waals surface area contributed by atoms with Crippen molar-refractivity contribution in [2.75, 3.05) is 23.8 Å². The van der Waals surface area contributed by atoms with Gasteiger partial charge in [-0.15, -0.1) is 10.2 Å². The Morgan fingerprint density at radius 1 is 1.24 bits per heavy atom. The summed E-state index contributed by atoms with van der Waals surface area (Å²) in [6, 6.07) is 6.16. The summed E-state index contributed by atoms with van der Waals surface area (Å²) >= 11 is 1.33. The molecule has 5 atom stereocenters. The fraction of sp³-hybridized carbons (Fsp3) is 0.654. The minimum atomic E-state index is -3.08. The molecule has 1 aliphatic heterocycles. The van der Waals surface area contributed by atoms with E-state index >= 15 is 0 Å². The lowest BCUT2D eigenvalue weighted by atomic mass is 9.84. The van der Waals surface area contributed by atoms with Gasteiger partial charge in [-0.25, -0.2) is 12.8 Å². The number of aromatic nitrogens is 3. The molecule has 202 valence electrons. The number of fused-ring (bicyclic) bond motifs is 2. The minimum absolute atomic E-state index is 0.0340. The van der Waals surface area contributed by atoms with Crippen LogP contribution in [-0.2, 0) is 21.2 Å². The van der Waals surface area contributed by atoms with Crippen LogP contribution < -0.4 is 4.74 Å². The summed E-state index contributed by atoms with van der Waals surface area (Å²) in [4.78, 5) is 14.8. The number of hydrogen-bond acceptors (Lipinski definition) is 7. The van der Waals surface area contributed by atoms with Crippen molar-refractivity contribution in [3.8, 4) is 5.75 Å². The van der Waals surface area contributed by atoms with E-state index in [9.17, 15) is 17.6 Å². The SMILES string of the molecule is CCN(C(=O)CSc1nnc(COc2ccccc2F)n1[C@@H](C)[C@@H]1C[C@@H]2CC[C@@H]1C2)[C@@H]1CCS(=O)(=O)C1. The third kappa shape index (κ3) is 5.67. The van der Waals surface area contributed by atoms with Gasteiger partial charge in [-0.05, 0) is 69.4 Å². The highest BCUT2D eigenvalue weighted by Crippen LogP contribution is 2.52. The molecule has 1 saturated heterocycles. The fourth-order valence-electron chi connectivity index (χ4n) is 6.56. The van der Waals surface area contributed by atoms with Crippen LogP contribution in [0.4, 0.5) is 4.39 Å². The molecule has 2 bridgehead atoms. The largest absolute Gasteiger partial charge is 0.483 e. The van der Waals surface area contributed by atoms with Crippen molar-refractivity contribution in [2.45, 2.75) is 69.8 Å². The molecule has 2 heterocycles. The summed E-state index contributed by atoms with van der Waals surface area (Å²) in [5.74, 6) is 2.55. The molecule has 8 nitrogen and oxygen atoms in total. The Hall–Kier alpha value is -2.14. The van der Waals surface area contributed by atoms with Crippen LogP contribution in [0.3, 0.4) is 0 Å². The fourth-order valence-corrected chi connectivity index (χ4v) is 9.22. The lowest BCUT2D eigenvalue weighted by molar-refractivity contribution is -0.129. The van der Waals surface area contributed by atoms with Crippen molar-refractivity contribution in [2.24, 2.45) is 17.8 Å². The van der Waals surface area contributed by atoms with E-state index < -0.39 is 15.7 Å². The predicted molar refractivity (Wildman–Crippen MR) is 140 cm³/mol. The van der Waals surface area contributed by atoms with E-state index in [-0.39, 0.29) is 47.6 Å². The second kappa shape index (κ2) is 10.9. The highest BCUT2D eigenvalue weighted by molar-refractivity contribution is 7.99. The van der Waals surface area contributed by atoms with Gasteiger partial charge < -0.3 is 9.64 Å². The minimum Gasteiger partial charge on any atom is -0.483 e. The number of carbonyl (C=O) groups excluding carboxylic acids is 1. The van der Waals surface area contributed by atoms with Crippen molar-refractivity contribution in [3.05, 3.63) is 35.9 Å². The number of ether oxygens (including phenoxy) is 1. The van der Waals surface area contributed by atoms with Crippen molar-refractivity contribution in [1.82, 2.24) is 19.7 Å². The third-order valence-corrected chi connectivity index (χ3v) is 11.1. The first-order valence-electron chi connectivity index (χ1n) is 13.2. The highest BCUT2D eigenvalue weighted by Gasteiger charge is 2.43. The Balaban J connectivity index is 1.33. The zero-order valence-corrected chi connectivity index (χ0v) is 23.0. The van der Waals surface area contributed by atoms with Gasteiger partial charge in [0.2, 0.25) is 5.91 Å². The molecule has 0 radical (unpaired) electrons. The quantitative estimate of drug-likeness (QED) is 0.411. The molecule has 37 heavy (non-hydrogen) atoms. The Kier molecular flexibility index (Phi) is 7.81. The molecule has 5 rings (SSSR count). The first kappa shape index (κ1) is 26.5. The molecule has 2 aromatic rings. The van der Waals surface area contributed by atoms with Crippen LogP contribution in [0.15, 0.2) is 29.4 Å². The van der Waals surface area contributed by atoms with Crippen molar-refractivity contribution < 1.29 is 22.3 Å². The molecule has 1 aromatic carbocycles. The number of carbonyl (C=O) groups is 1. The van der Waals surface area contributed by atoms with Crippen molar-refractivity contribution >= 4 is 27.5 Å². The predicted octanol–water partition coefficient (Wildman–Crippen LogP) is 4.12.